The molecule has 0 bridgehead atoms. The standard InChI is InChI=1S/C9H8S.H3N/c1-7-6-8-4-2-3-5-9(8)10-7;/h2-6H,1H3;1H3. The van der Waals surface area contributed by atoms with E-state index in [9.17, 15) is 0 Å². The number of thiophene rings is 1. The van der Waals surface area contributed by atoms with Gasteiger partial charge < -0.3 is 6.15 Å². The summed E-state index contributed by atoms with van der Waals surface area (Å²) >= 11 is 1.85. The Bertz CT molecular complexity index is 318. The van der Waals surface area contributed by atoms with Crippen LogP contribution in [0.1, 0.15) is 4.88 Å². The number of aryl methyl sites for hydroxylation is 1. The van der Waals surface area contributed by atoms with E-state index in [-0.39, 0.29) is 6.15 Å². The zero-order valence-electron chi connectivity index (χ0n) is 6.50. The Morgan fingerprint density at radius 3 is 2.64 bits per heavy atom. The number of rotatable bonds is 0. The number of hydrogen-bond donors (Lipinski definition) is 1. The van der Waals surface area contributed by atoms with Crippen molar-refractivity contribution < 1.29 is 0 Å². The third-order valence-corrected chi connectivity index (χ3v) is 2.58. The van der Waals surface area contributed by atoms with Crippen molar-refractivity contribution in [2.45, 2.75) is 6.92 Å². The quantitative estimate of drug-likeness (QED) is 0.638. The second-order valence-corrected chi connectivity index (χ2v) is 3.68. The fraction of sp³-hybridized carbons (Fsp3) is 0.111. The molecule has 1 aromatic heterocycles. The molecule has 0 aliphatic heterocycles. The lowest BCUT2D eigenvalue weighted by Crippen LogP contribution is -1.56. The van der Waals surface area contributed by atoms with Crippen LogP contribution in [0.5, 0.6) is 0 Å². The molecule has 0 saturated carbocycles. The average molecular weight is 165 g/mol. The predicted octanol–water partition coefficient (Wildman–Crippen LogP) is 3.37. The SMILES string of the molecule is Cc1cc2ccccc2s1.N. The molecule has 11 heavy (non-hydrogen) atoms. The molecule has 0 amide bonds. The summed E-state index contributed by atoms with van der Waals surface area (Å²) in [6.07, 6.45) is 0. The summed E-state index contributed by atoms with van der Waals surface area (Å²) in [5.74, 6) is 0. The fourth-order valence-electron chi connectivity index (χ4n) is 1.11. The van der Waals surface area contributed by atoms with Gasteiger partial charge in [-0.2, -0.15) is 0 Å². The highest BCUT2D eigenvalue weighted by atomic mass is 32.1. The molecule has 2 aromatic rings. The van der Waals surface area contributed by atoms with E-state index >= 15 is 0 Å². The molecule has 3 N–H and O–H groups in total. The average Bonchev–Trinajstić information content (AvgIpc) is 2.27. The summed E-state index contributed by atoms with van der Waals surface area (Å²) < 4.78 is 1.39. The lowest BCUT2D eigenvalue weighted by molar-refractivity contribution is 1.65. The molecule has 1 nitrogen and oxygen atoms in total. The second-order valence-electron chi connectivity index (χ2n) is 2.39. The van der Waals surface area contributed by atoms with Gasteiger partial charge in [0.2, 0.25) is 0 Å². The zero-order valence-corrected chi connectivity index (χ0v) is 7.32. The van der Waals surface area contributed by atoms with Gasteiger partial charge in [0, 0.05) is 9.58 Å². The predicted molar refractivity (Wildman–Crippen MR) is 51.6 cm³/mol. The van der Waals surface area contributed by atoms with E-state index in [0.717, 1.165) is 0 Å². The van der Waals surface area contributed by atoms with Gasteiger partial charge in [0.25, 0.3) is 0 Å². The van der Waals surface area contributed by atoms with E-state index in [2.05, 4.69) is 37.3 Å². The Kier molecular flexibility index (Phi) is 2.27. The van der Waals surface area contributed by atoms with Gasteiger partial charge in [-0.1, -0.05) is 18.2 Å². The van der Waals surface area contributed by atoms with Crippen LogP contribution in [0.3, 0.4) is 0 Å². The van der Waals surface area contributed by atoms with Crippen LogP contribution in [0.2, 0.25) is 0 Å². The lowest BCUT2D eigenvalue weighted by atomic mass is 10.2. The van der Waals surface area contributed by atoms with Crippen molar-refractivity contribution in [2.75, 3.05) is 0 Å². The Balaban J connectivity index is 0.000000605. The van der Waals surface area contributed by atoms with Crippen LogP contribution in [0.25, 0.3) is 10.1 Å². The molecule has 58 valence electrons. The van der Waals surface area contributed by atoms with Gasteiger partial charge >= 0.3 is 0 Å². The van der Waals surface area contributed by atoms with Crippen molar-refractivity contribution in [3.8, 4) is 0 Å². The highest BCUT2D eigenvalue weighted by Crippen LogP contribution is 2.23. The van der Waals surface area contributed by atoms with Crippen LogP contribution in [0.4, 0.5) is 0 Å². The minimum atomic E-state index is 0. The minimum Gasteiger partial charge on any atom is -0.344 e. The van der Waals surface area contributed by atoms with Gasteiger partial charge in [-0.05, 0) is 24.4 Å². The van der Waals surface area contributed by atoms with Gasteiger partial charge in [-0.15, -0.1) is 11.3 Å². The molecule has 0 fully saturated rings. The van der Waals surface area contributed by atoms with E-state index in [4.69, 9.17) is 0 Å². The summed E-state index contributed by atoms with van der Waals surface area (Å²) in [6, 6.07) is 10.7. The second kappa shape index (κ2) is 3.03. The van der Waals surface area contributed by atoms with E-state index in [1.54, 1.807) is 0 Å². The summed E-state index contributed by atoms with van der Waals surface area (Å²) in [5, 5.41) is 1.37. The third kappa shape index (κ3) is 1.42. The molecular formula is C9H11NS. The van der Waals surface area contributed by atoms with E-state index in [1.165, 1.54) is 15.0 Å². The highest BCUT2D eigenvalue weighted by Gasteiger charge is 1.93. The van der Waals surface area contributed by atoms with Gasteiger partial charge in [-0.3, -0.25) is 0 Å². The van der Waals surface area contributed by atoms with Crippen molar-refractivity contribution in [3.63, 3.8) is 0 Å². The first-order valence-corrected chi connectivity index (χ1v) is 4.13. The molecule has 0 radical (unpaired) electrons. The molecular weight excluding hydrogens is 154 g/mol. The van der Waals surface area contributed by atoms with Gasteiger partial charge in [0.15, 0.2) is 0 Å². The molecule has 2 rings (SSSR count). The number of benzene rings is 1. The first-order valence-electron chi connectivity index (χ1n) is 3.31. The topological polar surface area (TPSA) is 35.0 Å². The normalized spacial score (nSPS) is 9.55. The highest BCUT2D eigenvalue weighted by molar-refractivity contribution is 7.19. The summed E-state index contributed by atoms with van der Waals surface area (Å²) in [5.41, 5.74) is 0. The maximum atomic E-state index is 2.22. The first-order chi connectivity index (χ1) is 4.86. The summed E-state index contributed by atoms with van der Waals surface area (Å²) in [7, 11) is 0. The lowest BCUT2D eigenvalue weighted by Gasteiger charge is -1.82. The van der Waals surface area contributed by atoms with E-state index in [0.29, 0.717) is 0 Å². The third-order valence-electron chi connectivity index (χ3n) is 1.55. The Morgan fingerprint density at radius 2 is 1.91 bits per heavy atom. The van der Waals surface area contributed by atoms with E-state index in [1.807, 2.05) is 11.3 Å². The molecule has 0 aliphatic carbocycles. The van der Waals surface area contributed by atoms with Crippen LogP contribution in [-0.2, 0) is 0 Å². The molecule has 0 aliphatic rings. The monoisotopic (exact) mass is 165 g/mol. The Hall–Kier alpha value is -0.860. The van der Waals surface area contributed by atoms with Crippen LogP contribution in [0.15, 0.2) is 30.3 Å². The maximum Gasteiger partial charge on any atom is 0.0345 e. The largest absolute Gasteiger partial charge is 0.344 e. The van der Waals surface area contributed by atoms with Crippen molar-refractivity contribution in [3.05, 3.63) is 35.2 Å². The van der Waals surface area contributed by atoms with Crippen LogP contribution < -0.4 is 6.15 Å². The number of fused-ring (bicyclic) bond motifs is 1. The number of hydrogen-bond acceptors (Lipinski definition) is 2. The molecule has 0 atom stereocenters. The van der Waals surface area contributed by atoms with Crippen molar-refractivity contribution in [2.24, 2.45) is 0 Å². The molecule has 1 aromatic carbocycles. The van der Waals surface area contributed by atoms with Crippen molar-refractivity contribution in [1.29, 1.82) is 0 Å². The smallest absolute Gasteiger partial charge is 0.0345 e. The molecule has 2 heteroatoms. The Labute approximate surface area is 70.3 Å². The zero-order chi connectivity index (χ0) is 6.97. The van der Waals surface area contributed by atoms with E-state index < -0.39 is 0 Å². The molecule has 0 unspecified atom stereocenters. The summed E-state index contributed by atoms with van der Waals surface area (Å²) in [4.78, 5) is 1.39. The molecule has 1 heterocycles. The van der Waals surface area contributed by atoms with Crippen molar-refractivity contribution in [1.82, 2.24) is 6.15 Å². The Morgan fingerprint density at radius 1 is 1.18 bits per heavy atom. The summed E-state index contributed by atoms with van der Waals surface area (Å²) in [6.45, 7) is 2.14. The molecule has 0 saturated heterocycles. The molecule has 0 spiro atoms. The van der Waals surface area contributed by atoms with Crippen molar-refractivity contribution >= 4 is 21.4 Å². The van der Waals surface area contributed by atoms with Crippen LogP contribution in [-0.4, -0.2) is 0 Å². The fourth-order valence-corrected chi connectivity index (χ4v) is 2.04. The van der Waals surface area contributed by atoms with Gasteiger partial charge in [0.1, 0.15) is 0 Å². The maximum absolute atomic E-state index is 2.22. The minimum absolute atomic E-state index is 0. The first kappa shape index (κ1) is 8.24. The van der Waals surface area contributed by atoms with Gasteiger partial charge in [0.05, 0.1) is 0 Å². The van der Waals surface area contributed by atoms with Gasteiger partial charge in [-0.25, -0.2) is 0 Å². The van der Waals surface area contributed by atoms with Crippen LogP contribution in [0, 0.1) is 6.92 Å². The van der Waals surface area contributed by atoms with Crippen LogP contribution >= 0.6 is 11.3 Å².